The third-order valence-electron chi connectivity index (χ3n) is 8.46. The number of aldehydes is 1. The van der Waals surface area contributed by atoms with Gasteiger partial charge in [-0.15, -0.1) is 12.4 Å². The predicted octanol–water partition coefficient (Wildman–Crippen LogP) is 8.52. The summed E-state index contributed by atoms with van der Waals surface area (Å²) < 4.78 is 0. The lowest BCUT2D eigenvalue weighted by molar-refractivity contribution is 0.0817. The van der Waals surface area contributed by atoms with E-state index in [9.17, 15) is 29.7 Å². The van der Waals surface area contributed by atoms with Crippen molar-refractivity contribution >= 4 is 30.3 Å². The molecule has 0 amide bonds. The van der Waals surface area contributed by atoms with E-state index in [-0.39, 0.29) is 50.1 Å². The van der Waals surface area contributed by atoms with Crippen LogP contribution < -0.4 is 0 Å². The summed E-state index contributed by atoms with van der Waals surface area (Å²) in [6.07, 6.45) is 3.45. The highest BCUT2D eigenvalue weighted by atomic mass is 35.5. The second kappa shape index (κ2) is 21.3. The van der Waals surface area contributed by atoms with Gasteiger partial charge in [0.15, 0.2) is 6.29 Å². The minimum Gasteiger partial charge on any atom is -0.505 e. The zero-order valence-electron chi connectivity index (χ0n) is 30.5. The van der Waals surface area contributed by atoms with Gasteiger partial charge in [-0.25, -0.2) is 4.98 Å². The summed E-state index contributed by atoms with van der Waals surface area (Å²) in [5.74, 6) is -0.565. The number of rotatable bonds is 9. The molecule has 0 atom stereocenters. The fourth-order valence-electron chi connectivity index (χ4n) is 5.48. The van der Waals surface area contributed by atoms with Gasteiger partial charge >= 0.3 is 0 Å². The Hall–Kier alpha value is -6.79. The van der Waals surface area contributed by atoms with Gasteiger partial charge in [0.25, 0.3) is 0 Å². The van der Waals surface area contributed by atoms with Crippen molar-refractivity contribution in [1.29, 1.82) is 0 Å². The minimum atomic E-state index is -0.466. The molecule has 0 bridgehead atoms. The smallest absolute Gasteiger partial charge is 0.233 e. The molecule has 0 aliphatic carbocycles. The summed E-state index contributed by atoms with van der Waals surface area (Å²) in [6.45, 7) is 2.77. The quantitative estimate of drug-likeness (QED) is 0.0539. The third-order valence-corrected chi connectivity index (χ3v) is 8.46. The normalized spacial score (nSPS) is 9.96. The van der Waals surface area contributed by atoms with Crippen molar-refractivity contribution in [1.82, 2.24) is 19.9 Å². The van der Waals surface area contributed by atoms with Gasteiger partial charge in [0.1, 0.15) is 17.3 Å². The molecular weight excluding hydrogens is 744 g/mol. The summed E-state index contributed by atoms with van der Waals surface area (Å²) in [5.41, 5.74) is 6.78. The van der Waals surface area contributed by atoms with Crippen LogP contribution in [0.5, 0.6) is 11.5 Å². The highest BCUT2D eigenvalue weighted by Gasteiger charge is 2.21. The monoisotopic (exact) mass is 786 g/mol. The molecule has 0 spiro atoms. The fourth-order valence-corrected chi connectivity index (χ4v) is 5.48. The average molecular weight is 787 g/mol. The van der Waals surface area contributed by atoms with Crippen LogP contribution in [0.25, 0.3) is 33.9 Å². The molecule has 0 saturated carbocycles. The zero-order chi connectivity index (χ0) is 39.3. The Morgan fingerprint density at radius 3 is 1.51 bits per heavy atom. The van der Waals surface area contributed by atoms with E-state index >= 15 is 0 Å². The van der Waals surface area contributed by atoms with Crippen LogP contribution in [0.1, 0.15) is 61.0 Å². The molecular formula is C45H43ClN4O7. The van der Waals surface area contributed by atoms with E-state index in [0.29, 0.717) is 51.3 Å². The number of hydrogen-bond acceptors (Lipinski definition) is 10. The number of carbonyl (C=O) groups excluding carboxylic acids is 3. The minimum absolute atomic E-state index is 0. The lowest BCUT2D eigenvalue weighted by Gasteiger charge is -2.09. The maximum absolute atomic E-state index is 11.8. The highest BCUT2D eigenvalue weighted by Crippen LogP contribution is 2.38. The zero-order valence-corrected chi connectivity index (χ0v) is 31.3. The molecule has 0 aliphatic heterocycles. The molecule has 3 aromatic heterocycles. The van der Waals surface area contributed by atoms with Crippen molar-refractivity contribution < 1.29 is 34.8 Å². The summed E-state index contributed by atoms with van der Waals surface area (Å²) in [6, 6.07) is 37.0. The van der Waals surface area contributed by atoms with Crippen LogP contribution >= 0.6 is 12.4 Å². The molecule has 11 nitrogen and oxygen atoms in total. The van der Waals surface area contributed by atoms with Crippen LogP contribution in [-0.4, -0.2) is 58.2 Å². The van der Waals surface area contributed by atoms with Crippen LogP contribution in [0.4, 0.5) is 0 Å². The number of halogens is 1. The van der Waals surface area contributed by atoms with Gasteiger partial charge in [-0.05, 0) is 13.8 Å². The number of nitrogens with one attached hydrogen (secondary N) is 1. The number of imidazole rings is 1. The van der Waals surface area contributed by atoms with Gasteiger partial charge in [0, 0.05) is 45.8 Å². The number of aryl methyl sites for hydroxylation is 2. The van der Waals surface area contributed by atoms with Crippen molar-refractivity contribution in [3.63, 3.8) is 0 Å². The molecule has 5 N–H and O–H groups in total. The number of aromatic amines is 1. The Kier molecular flexibility index (Phi) is 16.7. The van der Waals surface area contributed by atoms with Crippen molar-refractivity contribution in [3.05, 3.63) is 173 Å². The number of H-pyrrole nitrogens is 1. The molecule has 12 heteroatoms. The van der Waals surface area contributed by atoms with Crippen molar-refractivity contribution in [2.75, 3.05) is 0 Å². The van der Waals surface area contributed by atoms with Crippen molar-refractivity contribution in [2.24, 2.45) is 0 Å². The van der Waals surface area contributed by atoms with Crippen LogP contribution in [0, 0.1) is 13.8 Å². The maximum Gasteiger partial charge on any atom is 0.233 e. The Morgan fingerprint density at radius 2 is 1.05 bits per heavy atom. The number of aliphatic hydroxyl groups excluding tert-OH is 2. The summed E-state index contributed by atoms with van der Waals surface area (Å²) in [4.78, 5) is 50.1. The van der Waals surface area contributed by atoms with Gasteiger partial charge in [-0.1, -0.05) is 129 Å². The second-order valence-electron chi connectivity index (χ2n) is 12.1. The first kappa shape index (κ1) is 44.6. The summed E-state index contributed by atoms with van der Waals surface area (Å²) in [5, 5.41) is 38.3. The van der Waals surface area contributed by atoms with Gasteiger partial charge in [-0.2, -0.15) is 0 Å². The lowest BCUT2D eigenvalue weighted by atomic mass is 10.0. The topological polar surface area (TPSA) is 187 Å². The van der Waals surface area contributed by atoms with E-state index in [0.717, 1.165) is 22.5 Å². The molecule has 0 fully saturated rings. The first-order chi connectivity index (χ1) is 26.7. The molecule has 0 aliphatic rings. The number of carbonyl (C=O) groups is 3. The number of nitrogens with zero attached hydrogens (tertiary/aromatic N) is 3. The SMILES string of the molecule is C.Cc1ncc(CO)c(-c2nc(-c3ccccc3)c(-c3ccccc3)[nH]2)c1O.Cc1ncc(CO)c(C=O)c1O.Cl.O=C(C(=O)c1ccccc1)c1ccccc1. The van der Waals surface area contributed by atoms with Crippen LogP contribution in [0.2, 0.25) is 0 Å². The molecule has 292 valence electrons. The van der Waals surface area contributed by atoms with Crippen LogP contribution in [0.3, 0.4) is 0 Å². The van der Waals surface area contributed by atoms with E-state index in [4.69, 9.17) is 10.1 Å². The van der Waals surface area contributed by atoms with Gasteiger partial charge < -0.3 is 25.4 Å². The largest absolute Gasteiger partial charge is 0.505 e. The van der Waals surface area contributed by atoms with E-state index in [1.807, 2.05) is 72.8 Å². The van der Waals surface area contributed by atoms with Gasteiger partial charge in [-0.3, -0.25) is 24.4 Å². The van der Waals surface area contributed by atoms with E-state index in [1.165, 1.54) is 6.20 Å². The first-order valence-corrected chi connectivity index (χ1v) is 17.1. The standard InChI is InChI=1S/C22H19N3O2.C14H10O2.C8H9NO3.CH4.ClH/c1-14-21(27)18(17(13-26)12-23-14)22-24-19(15-8-4-2-5-9-15)20(25-22)16-10-6-3-7-11-16;15-13(11-7-3-1-4-8-11)14(16)12-9-5-2-6-10-12;1-5-8(12)7(4-11)6(3-10)2-9-5;;/h2-12,26-27H,13H2,1H3,(H,24,25);1-10H;2,4,10,12H,3H2,1H3;1H4;1H. The molecule has 0 saturated heterocycles. The fraction of sp³-hybridized carbons (Fsp3) is 0.111. The first-order valence-electron chi connectivity index (χ1n) is 17.1. The maximum atomic E-state index is 11.8. The third kappa shape index (κ3) is 10.7. The Labute approximate surface area is 336 Å². The summed E-state index contributed by atoms with van der Waals surface area (Å²) >= 11 is 0. The van der Waals surface area contributed by atoms with Gasteiger partial charge in [0.2, 0.25) is 11.6 Å². The number of aliphatic hydroxyl groups is 2. The molecule has 57 heavy (non-hydrogen) atoms. The molecule has 0 radical (unpaired) electrons. The van der Waals surface area contributed by atoms with Crippen molar-refractivity contribution in [3.8, 4) is 45.4 Å². The Bertz CT molecular complexity index is 2280. The average Bonchev–Trinajstić information content (AvgIpc) is 3.69. The van der Waals surface area contributed by atoms with E-state index in [2.05, 4.69) is 15.0 Å². The molecule has 3 heterocycles. The summed E-state index contributed by atoms with van der Waals surface area (Å²) in [7, 11) is 0. The number of hydrogen-bond donors (Lipinski definition) is 5. The number of aromatic nitrogens is 4. The van der Waals surface area contributed by atoms with Crippen LogP contribution in [0.15, 0.2) is 134 Å². The second-order valence-corrected chi connectivity index (χ2v) is 12.1. The van der Waals surface area contributed by atoms with Crippen LogP contribution in [-0.2, 0) is 13.2 Å². The number of aromatic hydroxyl groups is 2. The Balaban J connectivity index is 0.000000248. The number of Topliss-reactive ketones (excluding diaryl/α,β-unsaturated/α-hetero) is 2. The lowest BCUT2D eigenvalue weighted by Crippen LogP contribution is -2.14. The Morgan fingerprint density at radius 1 is 0.632 bits per heavy atom. The van der Waals surface area contributed by atoms with Crippen molar-refractivity contribution in [2.45, 2.75) is 34.5 Å². The number of benzene rings is 4. The molecule has 0 unspecified atom stereocenters. The highest BCUT2D eigenvalue weighted by molar-refractivity contribution is 6.49. The molecule has 4 aromatic carbocycles. The number of pyridine rings is 2. The predicted molar refractivity (Wildman–Crippen MR) is 222 cm³/mol. The molecule has 7 rings (SSSR count). The van der Waals surface area contributed by atoms with E-state index < -0.39 is 11.6 Å². The number of ketones is 2. The molecule has 7 aromatic rings. The van der Waals surface area contributed by atoms with E-state index in [1.54, 1.807) is 68.6 Å². The van der Waals surface area contributed by atoms with Gasteiger partial charge in [0.05, 0.1) is 47.1 Å².